The van der Waals surface area contributed by atoms with Gasteiger partial charge < -0.3 is 19.5 Å². The Morgan fingerprint density at radius 3 is 2.82 bits per heavy atom. The fourth-order valence-electron chi connectivity index (χ4n) is 5.52. The molecule has 1 aromatic heterocycles. The van der Waals surface area contributed by atoms with Crippen LogP contribution in [-0.4, -0.2) is 40.0 Å². The number of aromatic nitrogens is 1. The number of piperidine rings is 1. The maximum atomic E-state index is 14.0. The van der Waals surface area contributed by atoms with Crippen molar-refractivity contribution in [2.75, 3.05) is 6.61 Å². The topological polar surface area (TPSA) is 80.6 Å². The number of nitrogens with zero attached hydrogens (tertiary/aromatic N) is 2. The lowest BCUT2D eigenvalue weighted by molar-refractivity contribution is 0.0479. The van der Waals surface area contributed by atoms with Crippen LogP contribution < -0.4 is 15.5 Å². The molecule has 0 radical (unpaired) electrons. The van der Waals surface area contributed by atoms with Gasteiger partial charge in [0, 0.05) is 37.0 Å². The highest BCUT2D eigenvalue weighted by Gasteiger charge is 2.51. The zero-order valence-corrected chi connectivity index (χ0v) is 19.0. The minimum absolute atomic E-state index is 0.0500. The van der Waals surface area contributed by atoms with E-state index in [-0.39, 0.29) is 53.7 Å². The number of halogens is 2. The Balaban J connectivity index is 1.48. The quantitative estimate of drug-likeness (QED) is 0.629. The summed E-state index contributed by atoms with van der Waals surface area (Å²) >= 11 is 0. The Bertz CT molecular complexity index is 1210. The van der Waals surface area contributed by atoms with E-state index in [0.29, 0.717) is 18.9 Å². The van der Waals surface area contributed by atoms with Crippen LogP contribution >= 0.6 is 0 Å². The molecule has 2 fully saturated rings. The van der Waals surface area contributed by atoms with Gasteiger partial charge in [0.25, 0.3) is 11.8 Å². The van der Waals surface area contributed by atoms with Crippen LogP contribution in [0.2, 0.25) is 0 Å². The van der Waals surface area contributed by atoms with E-state index >= 15 is 0 Å². The Morgan fingerprint density at radius 2 is 2.06 bits per heavy atom. The molecular weight excluding hydrogens is 444 g/mol. The molecule has 7 nitrogen and oxygen atoms in total. The van der Waals surface area contributed by atoms with Crippen molar-refractivity contribution in [3.05, 3.63) is 63.1 Å². The van der Waals surface area contributed by atoms with Crippen LogP contribution in [0.4, 0.5) is 8.78 Å². The van der Waals surface area contributed by atoms with Crippen molar-refractivity contribution < 1.29 is 23.1 Å². The highest BCUT2D eigenvalue weighted by atomic mass is 19.1. The molecule has 1 saturated carbocycles. The number of nitrogens with one attached hydrogen (secondary N) is 1. The Labute approximate surface area is 195 Å². The number of amides is 2. The van der Waals surface area contributed by atoms with Crippen LogP contribution in [0.3, 0.4) is 0 Å². The fourth-order valence-corrected chi connectivity index (χ4v) is 5.52. The first-order chi connectivity index (χ1) is 16.4. The van der Waals surface area contributed by atoms with E-state index in [0.717, 1.165) is 37.8 Å². The number of hydrogen-bond acceptors (Lipinski definition) is 4. The fraction of sp³-hybridized carbons (Fsp3) is 0.480. The maximum absolute atomic E-state index is 14.0. The third kappa shape index (κ3) is 3.76. The number of pyridine rings is 1. The summed E-state index contributed by atoms with van der Waals surface area (Å²) in [4.78, 5) is 41.6. The molecule has 180 valence electrons. The summed E-state index contributed by atoms with van der Waals surface area (Å²) < 4.78 is 34.6. The number of benzene rings is 1. The third-order valence-electron chi connectivity index (χ3n) is 7.24. The van der Waals surface area contributed by atoms with Gasteiger partial charge in [-0.15, -0.1) is 0 Å². The Kier molecular flexibility index (Phi) is 5.87. The molecule has 1 aliphatic carbocycles. The van der Waals surface area contributed by atoms with Gasteiger partial charge in [0.05, 0.1) is 12.6 Å². The maximum Gasteiger partial charge on any atom is 0.275 e. The van der Waals surface area contributed by atoms with Gasteiger partial charge in [-0.3, -0.25) is 14.4 Å². The van der Waals surface area contributed by atoms with Crippen LogP contribution in [0.5, 0.6) is 5.75 Å². The smallest absolute Gasteiger partial charge is 0.275 e. The number of hydrogen-bond donors (Lipinski definition) is 1. The zero-order valence-electron chi connectivity index (χ0n) is 19.0. The summed E-state index contributed by atoms with van der Waals surface area (Å²) in [5.74, 6) is -2.09. The lowest BCUT2D eigenvalue weighted by Crippen LogP contribution is -2.52. The predicted octanol–water partition coefficient (Wildman–Crippen LogP) is 3.24. The minimum atomic E-state index is -0.784. The molecule has 1 saturated heterocycles. The first-order valence-electron chi connectivity index (χ1n) is 11.8. The molecule has 2 amide bonds. The Hall–Kier alpha value is -3.23. The molecule has 2 bridgehead atoms. The Morgan fingerprint density at radius 1 is 1.24 bits per heavy atom. The molecule has 3 atom stereocenters. The second-order valence-electron chi connectivity index (χ2n) is 9.33. The van der Waals surface area contributed by atoms with Crippen LogP contribution in [-0.2, 0) is 13.1 Å². The van der Waals surface area contributed by atoms with E-state index in [2.05, 4.69) is 5.32 Å². The molecule has 2 aromatic rings. The number of unbranched alkanes of at least 4 members (excludes halogenated alkanes) is 1. The molecule has 5 rings (SSSR count). The monoisotopic (exact) mass is 471 g/mol. The largest absolute Gasteiger partial charge is 0.487 e. The average molecular weight is 472 g/mol. The molecule has 0 unspecified atom stereocenters. The molecule has 9 heteroatoms. The molecule has 0 spiro atoms. The molecule has 3 heterocycles. The van der Waals surface area contributed by atoms with E-state index in [1.807, 2.05) is 11.8 Å². The van der Waals surface area contributed by atoms with Crippen molar-refractivity contribution in [2.24, 2.45) is 5.92 Å². The summed E-state index contributed by atoms with van der Waals surface area (Å²) in [5.41, 5.74) is -0.524. The summed E-state index contributed by atoms with van der Waals surface area (Å²) in [7, 11) is 0. The zero-order chi connectivity index (χ0) is 24.0. The van der Waals surface area contributed by atoms with Crippen LogP contribution in [0.15, 0.2) is 29.2 Å². The van der Waals surface area contributed by atoms with Gasteiger partial charge in [0.15, 0.2) is 11.4 Å². The number of carbonyl (C=O) groups is 2. The number of rotatable bonds is 7. The number of carbonyl (C=O) groups excluding carboxylic acids is 2. The lowest BCUT2D eigenvalue weighted by atomic mass is 9.95. The van der Waals surface area contributed by atoms with Crippen molar-refractivity contribution in [1.29, 1.82) is 0 Å². The van der Waals surface area contributed by atoms with E-state index in [4.69, 9.17) is 4.74 Å². The highest BCUT2D eigenvalue weighted by molar-refractivity contribution is 5.99. The average Bonchev–Trinajstić information content (AvgIpc) is 3.42. The second kappa shape index (κ2) is 8.85. The van der Waals surface area contributed by atoms with Crippen LogP contribution in [0.1, 0.15) is 65.4 Å². The highest BCUT2D eigenvalue weighted by Crippen LogP contribution is 2.46. The molecule has 1 N–H and O–H groups in total. The first kappa shape index (κ1) is 22.6. The first-order valence-corrected chi connectivity index (χ1v) is 11.8. The SMILES string of the molecule is CCCCOc1c2n(cc(C(=O)NCc3ccc(F)cc3F)c1=O)C[C@@H]1[C@H]3CC[C@H](C3)N1C2=O. The predicted molar refractivity (Wildman–Crippen MR) is 120 cm³/mol. The molecule has 3 aliphatic rings. The van der Waals surface area contributed by atoms with Crippen LogP contribution in [0.25, 0.3) is 0 Å². The van der Waals surface area contributed by atoms with Gasteiger partial charge >= 0.3 is 0 Å². The summed E-state index contributed by atoms with van der Waals surface area (Å²) in [5, 5.41) is 2.54. The van der Waals surface area contributed by atoms with Gasteiger partial charge in [-0.25, -0.2) is 8.78 Å². The van der Waals surface area contributed by atoms with E-state index in [1.165, 1.54) is 12.3 Å². The number of fused-ring (bicyclic) bond motifs is 6. The second-order valence-corrected chi connectivity index (χ2v) is 9.33. The van der Waals surface area contributed by atoms with E-state index in [9.17, 15) is 23.2 Å². The minimum Gasteiger partial charge on any atom is -0.487 e. The van der Waals surface area contributed by atoms with Gasteiger partial charge in [0.1, 0.15) is 17.2 Å². The van der Waals surface area contributed by atoms with Crippen molar-refractivity contribution in [3.8, 4) is 5.75 Å². The molecular formula is C25H27F2N3O4. The summed E-state index contributed by atoms with van der Waals surface area (Å²) in [6.07, 6.45) is 5.98. The normalized spacial score (nSPS) is 22.5. The van der Waals surface area contributed by atoms with E-state index in [1.54, 1.807) is 4.57 Å². The van der Waals surface area contributed by atoms with Crippen molar-refractivity contribution in [2.45, 2.75) is 64.2 Å². The van der Waals surface area contributed by atoms with Crippen molar-refractivity contribution in [3.63, 3.8) is 0 Å². The van der Waals surface area contributed by atoms with Crippen molar-refractivity contribution in [1.82, 2.24) is 14.8 Å². The van der Waals surface area contributed by atoms with Crippen molar-refractivity contribution >= 4 is 11.8 Å². The summed E-state index contributed by atoms with van der Waals surface area (Å²) in [6, 6.07) is 3.33. The van der Waals surface area contributed by atoms with Gasteiger partial charge in [-0.05, 0) is 37.7 Å². The van der Waals surface area contributed by atoms with Gasteiger partial charge in [0.2, 0.25) is 5.43 Å². The lowest BCUT2D eigenvalue weighted by Gasteiger charge is -2.40. The number of ether oxygens (including phenoxy) is 1. The van der Waals surface area contributed by atoms with Gasteiger partial charge in [-0.2, -0.15) is 0 Å². The standard InChI is InChI=1S/C25H27F2N3O4/c1-2-3-8-34-23-21-25(33)30-17-7-5-14(9-17)20(30)13-29(21)12-18(22(23)31)24(32)28-11-15-4-6-16(26)10-19(15)27/h4,6,10,12,14,17,20H,2-3,5,7-9,11,13H2,1H3,(H,28,32)/t14-,17+,20+/m0/s1. The molecule has 34 heavy (non-hydrogen) atoms. The third-order valence-corrected chi connectivity index (χ3v) is 7.24. The van der Waals surface area contributed by atoms with Gasteiger partial charge in [-0.1, -0.05) is 19.4 Å². The summed E-state index contributed by atoms with van der Waals surface area (Å²) in [6.45, 7) is 2.53. The molecule has 1 aromatic carbocycles. The van der Waals surface area contributed by atoms with E-state index < -0.39 is 23.0 Å². The van der Waals surface area contributed by atoms with Crippen LogP contribution in [0, 0.1) is 17.6 Å². The molecule has 2 aliphatic heterocycles.